The van der Waals surface area contributed by atoms with E-state index in [1.165, 1.54) is 0 Å². The minimum Gasteiger partial charge on any atom is -0.484 e. The molecular formula is C23H17N3O4. The lowest BCUT2D eigenvalue weighted by Crippen LogP contribution is -2.46. The molecule has 4 rings (SSSR count). The molecular weight excluding hydrogens is 382 g/mol. The maximum Gasteiger partial charge on any atom is 0.276 e. The largest absolute Gasteiger partial charge is 0.484 e. The molecule has 0 aliphatic carbocycles. The molecule has 2 amide bonds. The van der Waals surface area contributed by atoms with Crippen LogP contribution in [0.3, 0.4) is 0 Å². The zero-order valence-electron chi connectivity index (χ0n) is 15.8. The van der Waals surface area contributed by atoms with Crippen LogP contribution in [0.2, 0.25) is 0 Å². The fourth-order valence-electron chi connectivity index (χ4n) is 3.21. The number of nitriles is 1. The van der Waals surface area contributed by atoms with Crippen molar-refractivity contribution in [3.63, 3.8) is 0 Å². The van der Waals surface area contributed by atoms with Crippen LogP contribution in [0.5, 0.6) is 17.2 Å². The van der Waals surface area contributed by atoms with E-state index in [1.807, 2.05) is 42.5 Å². The highest BCUT2D eigenvalue weighted by Crippen LogP contribution is 2.43. The lowest BCUT2D eigenvalue weighted by molar-refractivity contribution is -0.130. The number of hydrogen-bond donors (Lipinski definition) is 2. The number of fused-ring (bicyclic) bond motifs is 2. The molecule has 0 atom stereocenters. The highest BCUT2D eigenvalue weighted by molar-refractivity contribution is 5.91. The molecule has 0 radical (unpaired) electrons. The molecule has 7 nitrogen and oxygen atoms in total. The number of hydrazine groups is 1. The van der Waals surface area contributed by atoms with Gasteiger partial charge in [-0.1, -0.05) is 36.4 Å². The molecule has 0 spiro atoms. The van der Waals surface area contributed by atoms with E-state index in [-0.39, 0.29) is 12.5 Å². The third-order valence-electron chi connectivity index (χ3n) is 4.62. The van der Waals surface area contributed by atoms with E-state index in [2.05, 4.69) is 10.9 Å². The molecule has 0 aromatic heterocycles. The topological polar surface area (TPSA) is 100 Å². The SMILES string of the molecule is N#Cc1ccc(OCC(=O)NNC(=O)C2c3ccccc3Oc3ccccc32)cc1. The first-order chi connectivity index (χ1) is 14.7. The first-order valence-electron chi connectivity index (χ1n) is 9.23. The van der Waals surface area contributed by atoms with Gasteiger partial charge in [0.15, 0.2) is 6.61 Å². The molecule has 0 fully saturated rings. The van der Waals surface area contributed by atoms with E-state index in [1.54, 1.807) is 36.4 Å². The van der Waals surface area contributed by atoms with Gasteiger partial charge >= 0.3 is 0 Å². The van der Waals surface area contributed by atoms with Crippen LogP contribution in [0.15, 0.2) is 72.8 Å². The fraction of sp³-hybridized carbons (Fsp3) is 0.0870. The van der Waals surface area contributed by atoms with Gasteiger partial charge in [0.2, 0.25) is 0 Å². The molecule has 0 bridgehead atoms. The summed E-state index contributed by atoms with van der Waals surface area (Å²) in [7, 11) is 0. The van der Waals surface area contributed by atoms with Gasteiger partial charge in [-0.25, -0.2) is 0 Å². The maximum absolute atomic E-state index is 12.9. The van der Waals surface area contributed by atoms with Gasteiger partial charge in [-0.15, -0.1) is 0 Å². The molecule has 3 aromatic rings. The van der Waals surface area contributed by atoms with Crippen LogP contribution < -0.4 is 20.3 Å². The van der Waals surface area contributed by atoms with Crippen LogP contribution in [-0.2, 0) is 9.59 Å². The van der Waals surface area contributed by atoms with E-state index in [4.69, 9.17) is 14.7 Å². The lowest BCUT2D eigenvalue weighted by atomic mass is 9.87. The number of nitrogens with one attached hydrogen (secondary N) is 2. The average molecular weight is 399 g/mol. The smallest absolute Gasteiger partial charge is 0.276 e. The Kier molecular flexibility index (Phi) is 5.31. The van der Waals surface area contributed by atoms with Crippen molar-refractivity contribution >= 4 is 11.8 Å². The third-order valence-corrected chi connectivity index (χ3v) is 4.62. The molecule has 0 saturated carbocycles. The van der Waals surface area contributed by atoms with Crippen molar-refractivity contribution in [1.29, 1.82) is 5.26 Å². The Bertz CT molecular complexity index is 1090. The Morgan fingerprint density at radius 3 is 2.10 bits per heavy atom. The number of amides is 2. The molecule has 1 aliphatic rings. The van der Waals surface area contributed by atoms with Crippen molar-refractivity contribution in [1.82, 2.24) is 10.9 Å². The minimum absolute atomic E-state index is 0.285. The maximum atomic E-state index is 12.9. The lowest BCUT2D eigenvalue weighted by Gasteiger charge is -2.27. The van der Waals surface area contributed by atoms with Crippen LogP contribution in [0, 0.1) is 11.3 Å². The molecule has 1 heterocycles. The van der Waals surface area contributed by atoms with Gasteiger partial charge in [0.05, 0.1) is 17.6 Å². The number of ether oxygens (including phenoxy) is 2. The van der Waals surface area contributed by atoms with Gasteiger partial charge < -0.3 is 9.47 Å². The number of para-hydroxylation sites is 2. The monoisotopic (exact) mass is 399 g/mol. The number of nitrogens with zero attached hydrogens (tertiary/aromatic N) is 1. The Labute approximate surface area is 172 Å². The Hall–Kier alpha value is -4.31. The van der Waals surface area contributed by atoms with Crippen LogP contribution in [-0.4, -0.2) is 18.4 Å². The summed E-state index contributed by atoms with van der Waals surface area (Å²) < 4.78 is 11.2. The third kappa shape index (κ3) is 3.93. The standard InChI is InChI=1S/C23H17N3O4/c24-13-15-9-11-16(12-10-15)29-14-21(27)25-26-23(28)22-17-5-1-3-7-19(17)30-20-8-4-2-6-18(20)22/h1-12,22H,14H2,(H,25,27)(H,26,28). The zero-order chi connectivity index (χ0) is 20.9. The first-order valence-corrected chi connectivity index (χ1v) is 9.23. The first kappa shape index (κ1) is 19.0. The number of carbonyl (C=O) groups excluding carboxylic acids is 2. The van der Waals surface area contributed by atoms with E-state index >= 15 is 0 Å². The Balaban J connectivity index is 1.40. The molecule has 148 valence electrons. The molecule has 7 heteroatoms. The van der Waals surface area contributed by atoms with Gasteiger partial charge in [-0.2, -0.15) is 5.26 Å². The summed E-state index contributed by atoms with van der Waals surface area (Å²) in [5, 5.41) is 8.80. The second kappa shape index (κ2) is 8.37. The quantitative estimate of drug-likeness (QED) is 0.657. The van der Waals surface area contributed by atoms with Gasteiger partial charge in [-0.05, 0) is 36.4 Å². The normalized spacial score (nSPS) is 11.8. The summed E-state index contributed by atoms with van der Waals surface area (Å²) >= 11 is 0. The van der Waals surface area contributed by atoms with Crippen molar-refractivity contribution in [2.75, 3.05) is 6.61 Å². The van der Waals surface area contributed by atoms with Gasteiger partial charge in [0.25, 0.3) is 11.8 Å². The van der Waals surface area contributed by atoms with Crippen molar-refractivity contribution in [2.24, 2.45) is 0 Å². The molecule has 3 aromatic carbocycles. The molecule has 30 heavy (non-hydrogen) atoms. The Morgan fingerprint density at radius 1 is 0.900 bits per heavy atom. The van der Waals surface area contributed by atoms with Crippen molar-refractivity contribution in [3.8, 4) is 23.3 Å². The van der Waals surface area contributed by atoms with E-state index in [9.17, 15) is 9.59 Å². The van der Waals surface area contributed by atoms with Gasteiger partial charge in [0.1, 0.15) is 17.2 Å². The van der Waals surface area contributed by atoms with Gasteiger partial charge in [-0.3, -0.25) is 20.4 Å². The second-order valence-electron chi connectivity index (χ2n) is 6.57. The summed E-state index contributed by atoms with van der Waals surface area (Å²) in [4.78, 5) is 25.0. The summed E-state index contributed by atoms with van der Waals surface area (Å²) in [5.41, 5.74) is 6.78. The summed E-state index contributed by atoms with van der Waals surface area (Å²) in [6, 6.07) is 23.0. The van der Waals surface area contributed by atoms with Crippen LogP contribution in [0.25, 0.3) is 0 Å². The molecule has 1 aliphatic heterocycles. The summed E-state index contributed by atoms with van der Waals surface area (Å²) in [6.07, 6.45) is 0. The highest BCUT2D eigenvalue weighted by atomic mass is 16.5. The number of hydrogen-bond acceptors (Lipinski definition) is 5. The molecule has 0 saturated heterocycles. The predicted molar refractivity (Wildman–Crippen MR) is 108 cm³/mol. The van der Waals surface area contributed by atoms with Crippen molar-refractivity contribution in [2.45, 2.75) is 5.92 Å². The summed E-state index contributed by atoms with van der Waals surface area (Å²) in [5.74, 6) is 0.138. The highest BCUT2D eigenvalue weighted by Gasteiger charge is 2.32. The van der Waals surface area contributed by atoms with E-state index in [0.29, 0.717) is 22.8 Å². The molecule has 2 N–H and O–H groups in total. The number of carbonyl (C=O) groups is 2. The van der Waals surface area contributed by atoms with E-state index < -0.39 is 11.8 Å². The number of rotatable bonds is 4. The van der Waals surface area contributed by atoms with Gasteiger partial charge in [0, 0.05) is 11.1 Å². The number of benzene rings is 3. The van der Waals surface area contributed by atoms with Crippen LogP contribution in [0.1, 0.15) is 22.6 Å². The Morgan fingerprint density at radius 2 is 1.50 bits per heavy atom. The van der Waals surface area contributed by atoms with Crippen molar-refractivity contribution < 1.29 is 19.1 Å². The van der Waals surface area contributed by atoms with Crippen LogP contribution in [0.4, 0.5) is 0 Å². The van der Waals surface area contributed by atoms with E-state index in [0.717, 1.165) is 11.1 Å². The minimum atomic E-state index is -0.620. The van der Waals surface area contributed by atoms with Crippen molar-refractivity contribution in [3.05, 3.63) is 89.5 Å². The van der Waals surface area contributed by atoms with Crippen LogP contribution >= 0.6 is 0 Å². The second-order valence-corrected chi connectivity index (χ2v) is 6.57. The fourth-order valence-corrected chi connectivity index (χ4v) is 3.21. The predicted octanol–water partition coefficient (Wildman–Crippen LogP) is 3.02. The average Bonchev–Trinajstić information content (AvgIpc) is 2.79. The molecule has 0 unspecified atom stereocenters. The summed E-state index contributed by atoms with van der Waals surface area (Å²) in [6.45, 7) is -0.285. The zero-order valence-corrected chi connectivity index (χ0v) is 15.8.